The second-order valence-electron chi connectivity index (χ2n) is 4.16. The zero-order valence-electron chi connectivity index (χ0n) is 9.98. The van der Waals surface area contributed by atoms with Crippen LogP contribution in [0.15, 0.2) is 34.1 Å². The third-order valence-corrected chi connectivity index (χ3v) is 3.82. The number of hydrogen-bond acceptors (Lipinski definition) is 3. The summed E-state index contributed by atoms with van der Waals surface area (Å²) in [5.74, 6) is 0. The van der Waals surface area contributed by atoms with Crippen molar-refractivity contribution in [3.05, 3.63) is 50.4 Å². The highest BCUT2D eigenvalue weighted by Crippen LogP contribution is 2.14. The van der Waals surface area contributed by atoms with Gasteiger partial charge in [-0.1, -0.05) is 28.1 Å². The fourth-order valence-electron chi connectivity index (χ4n) is 1.71. The van der Waals surface area contributed by atoms with Crippen LogP contribution in [0.3, 0.4) is 0 Å². The Morgan fingerprint density at radius 2 is 1.94 bits per heavy atom. The third kappa shape index (κ3) is 3.91. The van der Waals surface area contributed by atoms with Crippen molar-refractivity contribution >= 4 is 27.3 Å². The molecular formula is C13H15BrN2S. The van der Waals surface area contributed by atoms with Crippen LogP contribution in [0.5, 0.6) is 0 Å². The second kappa shape index (κ2) is 5.76. The Morgan fingerprint density at radius 3 is 2.53 bits per heavy atom. The van der Waals surface area contributed by atoms with E-state index in [4.69, 9.17) is 0 Å². The van der Waals surface area contributed by atoms with Crippen LogP contribution >= 0.6 is 27.3 Å². The molecule has 0 amide bonds. The third-order valence-electron chi connectivity index (χ3n) is 2.46. The van der Waals surface area contributed by atoms with Gasteiger partial charge in [0, 0.05) is 22.9 Å². The van der Waals surface area contributed by atoms with Gasteiger partial charge in [-0.05, 0) is 31.7 Å². The van der Waals surface area contributed by atoms with Crippen LogP contribution in [-0.4, -0.2) is 16.9 Å². The van der Waals surface area contributed by atoms with Crippen LogP contribution in [-0.2, 0) is 13.1 Å². The average molecular weight is 311 g/mol. The van der Waals surface area contributed by atoms with Crippen molar-refractivity contribution in [2.75, 3.05) is 7.05 Å². The standard InChI is InChI=1S/C13H15BrN2S/c1-10-15-13(9-17-10)8-16(2)7-11-3-5-12(14)6-4-11/h3-6,9H,7-8H2,1-2H3. The molecule has 2 aromatic rings. The molecule has 1 aromatic heterocycles. The van der Waals surface area contributed by atoms with Crippen molar-refractivity contribution in [3.8, 4) is 0 Å². The van der Waals surface area contributed by atoms with Gasteiger partial charge in [-0.3, -0.25) is 4.90 Å². The maximum Gasteiger partial charge on any atom is 0.0897 e. The van der Waals surface area contributed by atoms with Crippen LogP contribution in [0.4, 0.5) is 0 Å². The van der Waals surface area contributed by atoms with E-state index in [-0.39, 0.29) is 0 Å². The van der Waals surface area contributed by atoms with E-state index in [1.54, 1.807) is 11.3 Å². The Bertz CT molecular complexity index is 478. The van der Waals surface area contributed by atoms with Gasteiger partial charge in [-0.15, -0.1) is 11.3 Å². The van der Waals surface area contributed by atoms with Crippen LogP contribution in [0, 0.1) is 6.92 Å². The highest BCUT2D eigenvalue weighted by atomic mass is 79.9. The van der Waals surface area contributed by atoms with Crippen molar-refractivity contribution in [2.24, 2.45) is 0 Å². The fourth-order valence-corrected chi connectivity index (χ4v) is 2.58. The largest absolute Gasteiger partial charge is 0.296 e. The lowest BCUT2D eigenvalue weighted by molar-refractivity contribution is 0.315. The normalized spacial score (nSPS) is 11.1. The number of aromatic nitrogens is 1. The minimum Gasteiger partial charge on any atom is -0.296 e. The molecule has 1 heterocycles. The van der Waals surface area contributed by atoms with Gasteiger partial charge in [0.2, 0.25) is 0 Å². The van der Waals surface area contributed by atoms with Gasteiger partial charge in [0.1, 0.15) is 0 Å². The summed E-state index contributed by atoms with van der Waals surface area (Å²) in [5, 5.41) is 3.27. The highest BCUT2D eigenvalue weighted by molar-refractivity contribution is 9.10. The Labute approximate surface area is 114 Å². The van der Waals surface area contributed by atoms with Gasteiger partial charge in [0.05, 0.1) is 10.7 Å². The van der Waals surface area contributed by atoms with Crippen molar-refractivity contribution in [3.63, 3.8) is 0 Å². The maximum atomic E-state index is 4.48. The highest BCUT2D eigenvalue weighted by Gasteiger charge is 2.04. The Kier molecular flexibility index (Phi) is 4.31. The van der Waals surface area contributed by atoms with E-state index in [2.05, 4.69) is 62.5 Å². The van der Waals surface area contributed by atoms with Gasteiger partial charge in [-0.2, -0.15) is 0 Å². The fraction of sp³-hybridized carbons (Fsp3) is 0.308. The number of aryl methyl sites for hydroxylation is 1. The number of halogens is 1. The second-order valence-corrected chi connectivity index (χ2v) is 6.13. The zero-order chi connectivity index (χ0) is 12.3. The molecule has 0 N–H and O–H groups in total. The summed E-state index contributed by atoms with van der Waals surface area (Å²) >= 11 is 5.16. The summed E-state index contributed by atoms with van der Waals surface area (Å²) in [4.78, 5) is 6.75. The van der Waals surface area contributed by atoms with Crippen LogP contribution in [0.2, 0.25) is 0 Å². The molecule has 0 aliphatic heterocycles. The molecule has 0 aliphatic carbocycles. The molecule has 2 rings (SSSR count). The first-order valence-electron chi connectivity index (χ1n) is 5.47. The van der Waals surface area contributed by atoms with Crippen molar-refractivity contribution in [1.29, 1.82) is 0 Å². The number of nitrogens with zero attached hydrogens (tertiary/aromatic N) is 2. The van der Waals surface area contributed by atoms with E-state index in [1.807, 2.05) is 6.92 Å². The molecule has 2 nitrogen and oxygen atoms in total. The molecule has 17 heavy (non-hydrogen) atoms. The first kappa shape index (κ1) is 12.7. The maximum absolute atomic E-state index is 4.48. The minimum atomic E-state index is 0.903. The molecule has 0 spiro atoms. The monoisotopic (exact) mass is 310 g/mol. The number of benzene rings is 1. The van der Waals surface area contributed by atoms with Crippen LogP contribution in [0.1, 0.15) is 16.3 Å². The van der Waals surface area contributed by atoms with Crippen molar-refractivity contribution < 1.29 is 0 Å². The van der Waals surface area contributed by atoms with Crippen LogP contribution < -0.4 is 0 Å². The molecule has 0 aliphatic rings. The van der Waals surface area contributed by atoms with E-state index in [1.165, 1.54) is 5.56 Å². The average Bonchev–Trinajstić information content (AvgIpc) is 2.67. The van der Waals surface area contributed by atoms with E-state index in [9.17, 15) is 0 Å². The SMILES string of the molecule is Cc1nc(CN(C)Cc2ccc(Br)cc2)cs1. The minimum absolute atomic E-state index is 0.903. The molecule has 4 heteroatoms. The molecule has 0 radical (unpaired) electrons. The first-order chi connectivity index (χ1) is 8.13. The molecule has 0 bridgehead atoms. The summed E-state index contributed by atoms with van der Waals surface area (Å²) in [5.41, 5.74) is 2.48. The quantitative estimate of drug-likeness (QED) is 0.853. The molecule has 90 valence electrons. The van der Waals surface area contributed by atoms with E-state index < -0.39 is 0 Å². The topological polar surface area (TPSA) is 16.1 Å². The van der Waals surface area contributed by atoms with Gasteiger partial charge in [-0.25, -0.2) is 4.98 Å². The first-order valence-corrected chi connectivity index (χ1v) is 7.15. The molecule has 0 saturated heterocycles. The van der Waals surface area contributed by atoms with E-state index in [0.29, 0.717) is 0 Å². The van der Waals surface area contributed by atoms with Crippen molar-refractivity contribution in [1.82, 2.24) is 9.88 Å². The zero-order valence-corrected chi connectivity index (χ0v) is 12.4. The van der Waals surface area contributed by atoms with E-state index in [0.717, 1.165) is 28.3 Å². The smallest absolute Gasteiger partial charge is 0.0897 e. The predicted molar refractivity (Wildman–Crippen MR) is 76.2 cm³/mol. The Hall–Kier alpha value is -0.710. The summed E-state index contributed by atoms with van der Waals surface area (Å²) in [6.07, 6.45) is 0. The van der Waals surface area contributed by atoms with Crippen LogP contribution in [0.25, 0.3) is 0 Å². The van der Waals surface area contributed by atoms with Gasteiger partial charge in [0.25, 0.3) is 0 Å². The summed E-state index contributed by atoms with van der Waals surface area (Å²) in [6, 6.07) is 8.45. The molecular weight excluding hydrogens is 296 g/mol. The van der Waals surface area contributed by atoms with E-state index >= 15 is 0 Å². The van der Waals surface area contributed by atoms with Gasteiger partial charge in [0.15, 0.2) is 0 Å². The molecule has 0 unspecified atom stereocenters. The summed E-state index contributed by atoms with van der Waals surface area (Å²) < 4.78 is 1.12. The van der Waals surface area contributed by atoms with Gasteiger partial charge >= 0.3 is 0 Å². The molecule has 1 aromatic carbocycles. The summed E-state index contributed by atoms with van der Waals surface area (Å²) in [6.45, 7) is 3.90. The predicted octanol–water partition coefficient (Wildman–Crippen LogP) is 3.85. The van der Waals surface area contributed by atoms with Crippen molar-refractivity contribution in [2.45, 2.75) is 20.0 Å². The number of hydrogen-bond donors (Lipinski definition) is 0. The van der Waals surface area contributed by atoms with Gasteiger partial charge < -0.3 is 0 Å². The lowest BCUT2D eigenvalue weighted by Crippen LogP contribution is -2.17. The molecule has 0 saturated carbocycles. The summed E-state index contributed by atoms with van der Waals surface area (Å²) in [7, 11) is 2.12. The number of rotatable bonds is 4. The number of thiazole rings is 1. The Morgan fingerprint density at radius 1 is 1.24 bits per heavy atom. The lowest BCUT2D eigenvalue weighted by atomic mass is 10.2. The molecule has 0 atom stereocenters. The molecule has 0 fully saturated rings. The lowest BCUT2D eigenvalue weighted by Gasteiger charge is -2.15. The Balaban J connectivity index is 1.93.